The molecule has 0 radical (unpaired) electrons. The van der Waals surface area contributed by atoms with Crippen molar-refractivity contribution in [2.45, 2.75) is 12.1 Å². The van der Waals surface area contributed by atoms with E-state index in [1.165, 1.54) is 0 Å². The van der Waals surface area contributed by atoms with Crippen LogP contribution in [0.3, 0.4) is 0 Å². The van der Waals surface area contributed by atoms with Gasteiger partial charge < -0.3 is 20.3 Å². The lowest BCUT2D eigenvalue weighted by Crippen LogP contribution is -2.49. The van der Waals surface area contributed by atoms with Gasteiger partial charge in [-0.25, -0.2) is 0 Å². The maximum Gasteiger partial charge on any atom is 0.0945 e. The van der Waals surface area contributed by atoms with E-state index in [2.05, 4.69) is 5.32 Å². The summed E-state index contributed by atoms with van der Waals surface area (Å²) in [6.45, 7) is 1.72. The second-order valence-corrected chi connectivity index (χ2v) is 2.39. The first-order chi connectivity index (χ1) is 4.84. The minimum atomic E-state index is -0.694. The van der Waals surface area contributed by atoms with Crippen molar-refractivity contribution in [2.24, 2.45) is 0 Å². The Labute approximate surface area is 72.0 Å². The molecule has 1 aliphatic heterocycles. The number of rotatable bonds is 2. The van der Waals surface area contributed by atoms with Gasteiger partial charge in [0.2, 0.25) is 0 Å². The van der Waals surface area contributed by atoms with Crippen LogP contribution in [0.1, 0.15) is 0 Å². The van der Waals surface area contributed by atoms with E-state index in [1.54, 1.807) is 0 Å². The lowest BCUT2D eigenvalue weighted by Gasteiger charge is -2.26. The molecule has 0 amide bonds. The molecule has 0 bridgehead atoms. The van der Waals surface area contributed by atoms with Gasteiger partial charge in [0, 0.05) is 6.54 Å². The standard InChI is InChI=1S/C6H13NO3.ClH/c8-3-6(9)5-4-10-2-1-7-5;/h5-9H,1-4H2;1H/t5-,6+;/m1./s1. The van der Waals surface area contributed by atoms with Gasteiger partial charge in [0.05, 0.1) is 32.0 Å². The second-order valence-electron chi connectivity index (χ2n) is 2.39. The van der Waals surface area contributed by atoms with Crippen LogP contribution in [0.25, 0.3) is 0 Å². The normalized spacial score (nSPS) is 27.3. The molecular weight excluding hydrogens is 170 g/mol. The number of halogens is 1. The van der Waals surface area contributed by atoms with E-state index in [1.807, 2.05) is 0 Å². The molecule has 0 saturated carbocycles. The second kappa shape index (κ2) is 5.74. The first kappa shape index (κ1) is 11.1. The monoisotopic (exact) mass is 183 g/mol. The molecule has 0 aromatic rings. The molecule has 2 atom stereocenters. The Hall–Kier alpha value is 0.130. The highest BCUT2D eigenvalue weighted by molar-refractivity contribution is 5.85. The average Bonchev–Trinajstić information content (AvgIpc) is 2.05. The van der Waals surface area contributed by atoms with Crippen molar-refractivity contribution in [1.29, 1.82) is 0 Å². The predicted molar refractivity (Wildman–Crippen MR) is 43.0 cm³/mol. The maximum atomic E-state index is 9.09. The molecule has 1 heterocycles. The highest BCUT2D eigenvalue weighted by atomic mass is 35.5. The number of morpholine rings is 1. The third-order valence-electron chi connectivity index (χ3n) is 1.60. The van der Waals surface area contributed by atoms with Gasteiger partial charge >= 0.3 is 0 Å². The van der Waals surface area contributed by atoms with Gasteiger partial charge in [-0.1, -0.05) is 0 Å². The highest BCUT2D eigenvalue weighted by Crippen LogP contribution is 1.97. The SMILES string of the molecule is Cl.OC[C@H](O)[C@H]1COCCN1. The molecule has 1 rings (SSSR count). The fraction of sp³-hybridized carbons (Fsp3) is 1.00. The molecule has 1 saturated heterocycles. The largest absolute Gasteiger partial charge is 0.394 e. The minimum Gasteiger partial charge on any atom is -0.394 e. The Morgan fingerprint density at radius 2 is 2.36 bits per heavy atom. The zero-order valence-corrected chi connectivity index (χ0v) is 7.01. The van der Waals surface area contributed by atoms with E-state index in [-0.39, 0.29) is 25.1 Å². The van der Waals surface area contributed by atoms with Crippen LogP contribution in [0.15, 0.2) is 0 Å². The summed E-state index contributed by atoms with van der Waals surface area (Å²) in [5.41, 5.74) is 0. The number of hydrogen-bond donors (Lipinski definition) is 3. The number of nitrogens with one attached hydrogen (secondary N) is 1. The van der Waals surface area contributed by atoms with Crippen molar-refractivity contribution in [1.82, 2.24) is 5.32 Å². The lowest BCUT2D eigenvalue weighted by atomic mass is 10.1. The summed E-state index contributed by atoms with van der Waals surface area (Å²) < 4.78 is 5.07. The van der Waals surface area contributed by atoms with Gasteiger partial charge in [-0.3, -0.25) is 0 Å². The van der Waals surface area contributed by atoms with Gasteiger partial charge in [-0.2, -0.15) is 0 Å². The van der Waals surface area contributed by atoms with Crippen LogP contribution in [0, 0.1) is 0 Å². The van der Waals surface area contributed by atoms with Crippen molar-refractivity contribution in [3.63, 3.8) is 0 Å². The molecule has 4 nitrogen and oxygen atoms in total. The van der Waals surface area contributed by atoms with Crippen LogP contribution < -0.4 is 5.32 Å². The van der Waals surface area contributed by atoms with E-state index in [0.717, 1.165) is 6.54 Å². The number of aliphatic hydroxyl groups is 2. The van der Waals surface area contributed by atoms with E-state index >= 15 is 0 Å². The summed E-state index contributed by atoms with van der Waals surface area (Å²) in [4.78, 5) is 0. The van der Waals surface area contributed by atoms with Crippen LogP contribution in [0.5, 0.6) is 0 Å². The van der Waals surface area contributed by atoms with Crippen LogP contribution in [-0.2, 0) is 4.74 Å². The van der Waals surface area contributed by atoms with Crippen molar-refractivity contribution < 1.29 is 14.9 Å². The molecule has 0 aromatic heterocycles. The van der Waals surface area contributed by atoms with E-state index < -0.39 is 6.10 Å². The molecular formula is C6H14ClNO3. The van der Waals surface area contributed by atoms with Gasteiger partial charge in [0.1, 0.15) is 0 Å². The molecule has 0 aromatic carbocycles. The molecule has 68 valence electrons. The summed E-state index contributed by atoms with van der Waals surface area (Å²) >= 11 is 0. The summed E-state index contributed by atoms with van der Waals surface area (Å²) in [6, 6.07) is -0.0984. The molecule has 0 spiro atoms. The molecule has 0 unspecified atom stereocenters. The van der Waals surface area contributed by atoms with Crippen molar-refractivity contribution in [3.05, 3.63) is 0 Å². The summed E-state index contributed by atoms with van der Waals surface area (Å²) in [5.74, 6) is 0. The predicted octanol–water partition coefficient (Wildman–Crippen LogP) is -1.25. The molecule has 1 fully saturated rings. The Morgan fingerprint density at radius 3 is 2.82 bits per heavy atom. The topological polar surface area (TPSA) is 61.7 Å². The number of aliphatic hydroxyl groups excluding tert-OH is 2. The maximum absolute atomic E-state index is 9.09. The molecule has 0 aliphatic carbocycles. The third kappa shape index (κ3) is 3.35. The quantitative estimate of drug-likeness (QED) is 0.501. The van der Waals surface area contributed by atoms with Crippen LogP contribution in [-0.4, -0.2) is 48.7 Å². The Balaban J connectivity index is 0.000001000. The van der Waals surface area contributed by atoms with Gasteiger partial charge in [0.25, 0.3) is 0 Å². The van der Waals surface area contributed by atoms with Crippen molar-refractivity contribution in [3.8, 4) is 0 Å². The van der Waals surface area contributed by atoms with E-state index in [9.17, 15) is 0 Å². The zero-order chi connectivity index (χ0) is 7.40. The summed E-state index contributed by atoms with van der Waals surface area (Å²) in [6.07, 6.45) is -0.694. The average molecular weight is 184 g/mol. The van der Waals surface area contributed by atoms with Crippen molar-refractivity contribution in [2.75, 3.05) is 26.4 Å². The molecule has 3 N–H and O–H groups in total. The molecule has 1 aliphatic rings. The smallest absolute Gasteiger partial charge is 0.0945 e. The Bertz CT molecular complexity index is 97.8. The first-order valence-electron chi connectivity index (χ1n) is 3.44. The van der Waals surface area contributed by atoms with Gasteiger partial charge in [-0.15, -0.1) is 12.4 Å². The highest BCUT2D eigenvalue weighted by Gasteiger charge is 2.20. The van der Waals surface area contributed by atoms with E-state index in [4.69, 9.17) is 14.9 Å². The fourth-order valence-corrected chi connectivity index (χ4v) is 0.960. The van der Waals surface area contributed by atoms with E-state index in [0.29, 0.717) is 13.2 Å². The van der Waals surface area contributed by atoms with Crippen LogP contribution in [0.4, 0.5) is 0 Å². The van der Waals surface area contributed by atoms with Crippen LogP contribution >= 0.6 is 12.4 Å². The Kier molecular flexibility index (Phi) is 5.81. The number of ether oxygens (including phenoxy) is 1. The summed E-state index contributed by atoms with van der Waals surface area (Å²) in [5, 5.41) is 20.7. The van der Waals surface area contributed by atoms with Crippen LogP contribution in [0.2, 0.25) is 0 Å². The minimum absolute atomic E-state index is 0. The first-order valence-corrected chi connectivity index (χ1v) is 3.44. The fourth-order valence-electron chi connectivity index (χ4n) is 0.960. The van der Waals surface area contributed by atoms with Gasteiger partial charge in [-0.05, 0) is 0 Å². The zero-order valence-electron chi connectivity index (χ0n) is 6.19. The lowest BCUT2D eigenvalue weighted by molar-refractivity contribution is -0.00435. The van der Waals surface area contributed by atoms with Gasteiger partial charge in [0.15, 0.2) is 0 Å². The molecule has 11 heavy (non-hydrogen) atoms. The molecule has 5 heteroatoms. The Morgan fingerprint density at radius 1 is 1.64 bits per heavy atom. The summed E-state index contributed by atoms with van der Waals surface area (Å²) in [7, 11) is 0. The van der Waals surface area contributed by atoms with Crippen molar-refractivity contribution >= 4 is 12.4 Å². The number of hydrogen-bond acceptors (Lipinski definition) is 4. The third-order valence-corrected chi connectivity index (χ3v) is 1.60.